The molecule has 35 heavy (non-hydrogen) atoms. The normalized spacial score (nSPS) is 17.4. The van der Waals surface area contributed by atoms with Gasteiger partial charge in [0.05, 0.1) is 36.6 Å². The van der Waals surface area contributed by atoms with Crippen LogP contribution in [0.25, 0.3) is 21.9 Å². The largest absolute Gasteiger partial charge is 0.495 e. The zero-order chi connectivity index (χ0) is 24.1. The van der Waals surface area contributed by atoms with Crippen LogP contribution in [0.3, 0.4) is 0 Å². The van der Waals surface area contributed by atoms with E-state index >= 15 is 0 Å². The number of carbonyl (C=O) groups is 3. The second-order valence-corrected chi connectivity index (χ2v) is 8.72. The number of carbonyl (C=O) groups excluding carboxylic acids is 3. The number of anilines is 1. The van der Waals surface area contributed by atoms with Gasteiger partial charge in [-0.15, -0.1) is 0 Å². The van der Waals surface area contributed by atoms with Gasteiger partial charge in [0.2, 0.25) is 0 Å². The molecule has 8 nitrogen and oxygen atoms in total. The number of imide groups is 1. The quantitative estimate of drug-likeness (QED) is 0.428. The molecular weight excluding hydrogens is 448 g/mol. The number of hydrogen-bond acceptors (Lipinski definition) is 6. The van der Waals surface area contributed by atoms with Gasteiger partial charge in [-0.25, -0.2) is 0 Å². The third kappa shape index (κ3) is 3.54. The van der Waals surface area contributed by atoms with Crippen molar-refractivity contribution in [1.82, 2.24) is 4.90 Å². The lowest BCUT2D eigenvalue weighted by molar-refractivity contribution is 0.0475. The SMILES string of the molecule is COc1cc2c(cc1NC(=O)c1ccc3c(c1)C(=O)N(CC1CCCO1)C3=O)oc1ccccc12. The Morgan fingerprint density at radius 1 is 1.03 bits per heavy atom. The smallest absolute Gasteiger partial charge is 0.261 e. The lowest BCUT2D eigenvalue weighted by Gasteiger charge is -2.17. The number of benzene rings is 3. The second kappa shape index (κ2) is 8.25. The molecule has 0 saturated carbocycles. The minimum atomic E-state index is -0.431. The van der Waals surface area contributed by atoms with Gasteiger partial charge in [0.15, 0.2) is 0 Å². The molecular formula is C27H22N2O6. The van der Waals surface area contributed by atoms with E-state index in [9.17, 15) is 14.4 Å². The summed E-state index contributed by atoms with van der Waals surface area (Å²) in [6, 6.07) is 15.7. The maximum atomic E-state index is 13.1. The van der Waals surface area contributed by atoms with Crippen LogP contribution in [0.2, 0.25) is 0 Å². The third-order valence-electron chi connectivity index (χ3n) is 6.59. The van der Waals surface area contributed by atoms with E-state index in [-0.39, 0.29) is 29.7 Å². The molecule has 0 radical (unpaired) electrons. The van der Waals surface area contributed by atoms with Crippen molar-refractivity contribution in [3.05, 3.63) is 71.3 Å². The number of amides is 3. The molecule has 3 amide bonds. The Morgan fingerprint density at radius 2 is 1.86 bits per heavy atom. The van der Waals surface area contributed by atoms with E-state index in [2.05, 4.69) is 5.32 Å². The molecule has 0 aliphatic carbocycles. The molecule has 2 aliphatic heterocycles. The molecule has 6 rings (SSSR count). The Kier molecular flexibility index (Phi) is 5.04. The predicted molar refractivity (Wildman–Crippen MR) is 129 cm³/mol. The molecule has 176 valence electrons. The van der Waals surface area contributed by atoms with Crippen LogP contribution < -0.4 is 10.1 Å². The molecule has 1 atom stereocenters. The lowest BCUT2D eigenvalue weighted by Crippen LogP contribution is -2.36. The molecule has 2 aliphatic rings. The molecule has 1 unspecified atom stereocenters. The van der Waals surface area contributed by atoms with Crippen molar-refractivity contribution in [3.8, 4) is 5.75 Å². The standard InChI is InChI=1S/C27H22N2O6/c1-33-24-12-19-17-6-2-3-7-22(17)35-23(19)13-21(24)28-25(30)15-8-9-18-20(11-15)27(32)29(26(18)31)14-16-5-4-10-34-16/h2-3,6-9,11-13,16H,4-5,10,14H2,1H3,(H,28,30). The summed E-state index contributed by atoms with van der Waals surface area (Å²) in [7, 11) is 1.53. The molecule has 0 spiro atoms. The van der Waals surface area contributed by atoms with Gasteiger partial charge in [-0.2, -0.15) is 0 Å². The van der Waals surface area contributed by atoms with E-state index in [0.29, 0.717) is 29.2 Å². The first-order valence-electron chi connectivity index (χ1n) is 11.5. The fraction of sp³-hybridized carbons (Fsp3) is 0.222. The second-order valence-electron chi connectivity index (χ2n) is 8.72. The molecule has 1 N–H and O–H groups in total. The average molecular weight is 470 g/mol. The number of rotatable bonds is 5. The Balaban J connectivity index is 1.28. The van der Waals surface area contributed by atoms with Gasteiger partial charge in [0.1, 0.15) is 16.9 Å². The van der Waals surface area contributed by atoms with E-state index in [4.69, 9.17) is 13.9 Å². The van der Waals surface area contributed by atoms with E-state index in [1.54, 1.807) is 12.1 Å². The minimum absolute atomic E-state index is 0.138. The summed E-state index contributed by atoms with van der Waals surface area (Å²) < 4.78 is 17.0. The summed E-state index contributed by atoms with van der Waals surface area (Å²) in [5.41, 5.74) is 2.57. The number of nitrogens with one attached hydrogen (secondary N) is 1. The van der Waals surface area contributed by atoms with Crippen molar-refractivity contribution in [2.75, 3.05) is 25.6 Å². The first-order chi connectivity index (χ1) is 17.0. The maximum Gasteiger partial charge on any atom is 0.261 e. The van der Waals surface area contributed by atoms with Crippen molar-refractivity contribution in [2.45, 2.75) is 18.9 Å². The van der Waals surface area contributed by atoms with Crippen molar-refractivity contribution >= 4 is 45.3 Å². The zero-order valence-electron chi connectivity index (χ0n) is 19.0. The van der Waals surface area contributed by atoms with Gasteiger partial charge in [-0.05, 0) is 43.2 Å². The topological polar surface area (TPSA) is 98.1 Å². The van der Waals surface area contributed by atoms with Crippen LogP contribution in [-0.4, -0.2) is 49.0 Å². The van der Waals surface area contributed by atoms with Crippen LogP contribution >= 0.6 is 0 Å². The van der Waals surface area contributed by atoms with Gasteiger partial charge in [-0.3, -0.25) is 19.3 Å². The molecule has 4 aromatic rings. The van der Waals surface area contributed by atoms with Gasteiger partial charge >= 0.3 is 0 Å². The van der Waals surface area contributed by atoms with E-state index in [1.807, 2.05) is 30.3 Å². The zero-order valence-corrected chi connectivity index (χ0v) is 19.0. The van der Waals surface area contributed by atoms with Crippen LogP contribution in [0.4, 0.5) is 5.69 Å². The molecule has 1 saturated heterocycles. The number of furan rings is 1. The Hall–Kier alpha value is -4.17. The van der Waals surface area contributed by atoms with E-state index < -0.39 is 11.8 Å². The number of ether oxygens (including phenoxy) is 2. The van der Waals surface area contributed by atoms with Crippen LogP contribution in [0.5, 0.6) is 5.75 Å². The molecule has 1 aromatic heterocycles. The van der Waals surface area contributed by atoms with E-state index in [0.717, 1.165) is 29.2 Å². The highest BCUT2D eigenvalue weighted by Gasteiger charge is 2.38. The summed E-state index contributed by atoms with van der Waals surface area (Å²) >= 11 is 0. The van der Waals surface area contributed by atoms with Crippen LogP contribution in [-0.2, 0) is 4.74 Å². The third-order valence-corrected chi connectivity index (χ3v) is 6.59. The lowest BCUT2D eigenvalue weighted by atomic mass is 10.0. The molecule has 3 heterocycles. The molecule has 8 heteroatoms. The van der Waals surface area contributed by atoms with Crippen LogP contribution in [0, 0.1) is 0 Å². The van der Waals surface area contributed by atoms with Gasteiger partial charge in [0.25, 0.3) is 17.7 Å². The Labute approximate surface area is 200 Å². The minimum Gasteiger partial charge on any atom is -0.495 e. The highest BCUT2D eigenvalue weighted by atomic mass is 16.5. The van der Waals surface area contributed by atoms with Crippen molar-refractivity contribution in [1.29, 1.82) is 0 Å². The average Bonchev–Trinajstić information content (AvgIpc) is 3.57. The summed E-state index contributed by atoms with van der Waals surface area (Å²) in [6.45, 7) is 0.865. The number of para-hydroxylation sites is 1. The highest BCUT2D eigenvalue weighted by Crippen LogP contribution is 2.36. The first-order valence-corrected chi connectivity index (χ1v) is 11.5. The molecule has 1 fully saturated rings. The maximum absolute atomic E-state index is 13.1. The number of nitrogens with zero attached hydrogens (tertiary/aromatic N) is 1. The van der Waals surface area contributed by atoms with Gasteiger partial charge in [-0.1, -0.05) is 18.2 Å². The van der Waals surface area contributed by atoms with Crippen molar-refractivity contribution < 1.29 is 28.3 Å². The fourth-order valence-electron chi connectivity index (χ4n) is 4.80. The molecule has 0 bridgehead atoms. The van der Waals surface area contributed by atoms with Crippen molar-refractivity contribution in [3.63, 3.8) is 0 Å². The number of fused-ring (bicyclic) bond motifs is 4. The number of methoxy groups -OCH3 is 1. The summed E-state index contributed by atoms with van der Waals surface area (Å²) in [6.07, 6.45) is 1.60. The van der Waals surface area contributed by atoms with Crippen LogP contribution in [0.1, 0.15) is 43.9 Å². The van der Waals surface area contributed by atoms with Crippen molar-refractivity contribution in [2.24, 2.45) is 0 Å². The summed E-state index contributed by atoms with van der Waals surface area (Å²) in [4.78, 5) is 40.0. The van der Waals surface area contributed by atoms with Gasteiger partial charge < -0.3 is 19.2 Å². The fourth-order valence-corrected chi connectivity index (χ4v) is 4.80. The summed E-state index contributed by atoms with van der Waals surface area (Å²) in [5, 5.41) is 4.68. The van der Waals surface area contributed by atoms with Crippen LogP contribution in [0.15, 0.2) is 59.0 Å². The Morgan fingerprint density at radius 3 is 2.66 bits per heavy atom. The monoisotopic (exact) mass is 470 g/mol. The van der Waals surface area contributed by atoms with E-state index in [1.165, 1.54) is 24.1 Å². The Bertz CT molecular complexity index is 1520. The molecule has 3 aromatic carbocycles. The number of hydrogen-bond donors (Lipinski definition) is 1. The highest BCUT2D eigenvalue weighted by molar-refractivity contribution is 6.22. The summed E-state index contributed by atoms with van der Waals surface area (Å²) in [5.74, 6) is -0.715. The van der Waals surface area contributed by atoms with Gasteiger partial charge in [0, 0.05) is 29.0 Å². The predicted octanol–water partition coefficient (Wildman–Crippen LogP) is 4.62. The first kappa shape index (κ1) is 21.4.